The molecule has 0 bridgehead atoms. The minimum Gasteiger partial charge on any atom is -0.480 e. The molecule has 0 saturated carbocycles. The van der Waals surface area contributed by atoms with E-state index in [2.05, 4.69) is 0 Å². The Morgan fingerprint density at radius 3 is 2.60 bits per heavy atom. The summed E-state index contributed by atoms with van der Waals surface area (Å²) in [6.07, 6.45) is 1.47. The molecule has 114 valence electrons. The fourth-order valence-corrected chi connectivity index (χ4v) is 3.53. The molecule has 3 N–H and O–H groups in total. The summed E-state index contributed by atoms with van der Waals surface area (Å²) in [4.78, 5) is 36.3. The van der Waals surface area contributed by atoms with Crippen LogP contribution in [0.25, 0.3) is 0 Å². The lowest BCUT2D eigenvalue weighted by atomic mass is 10.2. The molecule has 20 heavy (non-hydrogen) atoms. The van der Waals surface area contributed by atoms with Crippen molar-refractivity contribution in [3.63, 3.8) is 0 Å². The molecule has 0 aliphatic carbocycles. The number of ether oxygens (including phenoxy) is 1. The summed E-state index contributed by atoms with van der Waals surface area (Å²) in [7, 11) is 0. The van der Waals surface area contributed by atoms with Gasteiger partial charge in [0.05, 0.1) is 12.0 Å². The van der Waals surface area contributed by atoms with Gasteiger partial charge in [-0.05, 0) is 13.3 Å². The van der Waals surface area contributed by atoms with Gasteiger partial charge >= 0.3 is 11.9 Å². The largest absolute Gasteiger partial charge is 0.480 e. The lowest BCUT2D eigenvalue weighted by Gasteiger charge is -2.28. The highest BCUT2D eigenvalue weighted by Crippen LogP contribution is 2.32. The number of carboxylic acids is 1. The van der Waals surface area contributed by atoms with Crippen LogP contribution in [0.5, 0.6) is 0 Å². The van der Waals surface area contributed by atoms with Gasteiger partial charge in [-0.15, -0.1) is 11.8 Å². The highest BCUT2D eigenvalue weighted by molar-refractivity contribution is 8.00. The SMILES string of the molecule is CCCC1SCC(C(=O)O)N1C(=O)C(N)C(=O)OCC. The zero-order valence-electron chi connectivity index (χ0n) is 11.6. The Hall–Kier alpha value is -1.28. The minimum atomic E-state index is -1.46. The predicted molar refractivity (Wildman–Crippen MR) is 74.0 cm³/mol. The summed E-state index contributed by atoms with van der Waals surface area (Å²) in [5.74, 6) is -2.28. The molecule has 7 nitrogen and oxygen atoms in total. The Bertz CT molecular complexity index is 390. The molecule has 1 rings (SSSR count). The molecular weight excluding hydrogens is 284 g/mol. The predicted octanol–water partition coefficient (Wildman–Crippen LogP) is 0.0316. The van der Waals surface area contributed by atoms with Crippen LogP contribution in [0.3, 0.4) is 0 Å². The van der Waals surface area contributed by atoms with Crippen molar-refractivity contribution in [1.82, 2.24) is 4.90 Å². The van der Waals surface area contributed by atoms with Crippen LogP contribution < -0.4 is 5.73 Å². The average molecular weight is 304 g/mol. The van der Waals surface area contributed by atoms with Crippen molar-refractivity contribution in [3.05, 3.63) is 0 Å². The first-order valence-corrected chi connectivity index (χ1v) is 7.57. The number of carbonyl (C=O) groups excluding carboxylic acids is 2. The number of amides is 1. The van der Waals surface area contributed by atoms with Crippen molar-refractivity contribution in [2.24, 2.45) is 5.73 Å². The lowest BCUT2D eigenvalue weighted by Crippen LogP contribution is -2.54. The average Bonchev–Trinajstić information content (AvgIpc) is 2.81. The lowest BCUT2D eigenvalue weighted by molar-refractivity contribution is -0.156. The quantitative estimate of drug-likeness (QED) is 0.526. The second-order valence-electron chi connectivity index (χ2n) is 4.41. The normalized spacial score (nSPS) is 23.4. The highest BCUT2D eigenvalue weighted by atomic mass is 32.2. The Labute approximate surface area is 121 Å². The molecule has 0 aromatic rings. The third kappa shape index (κ3) is 3.63. The fraction of sp³-hybridized carbons (Fsp3) is 0.750. The summed E-state index contributed by atoms with van der Waals surface area (Å²) in [6.45, 7) is 3.68. The van der Waals surface area contributed by atoms with Crippen molar-refractivity contribution < 1.29 is 24.2 Å². The molecular formula is C12H20N2O5S. The molecule has 1 aliphatic rings. The molecule has 1 amide bonds. The van der Waals surface area contributed by atoms with Gasteiger partial charge in [0.25, 0.3) is 5.91 Å². The van der Waals surface area contributed by atoms with Gasteiger partial charge in [-0.25, -0.2) is 9.59 Å². The summed E-state index contributed by atoms with van der Waals surface area (Å²) in [6, 6.07) is -2.40. The fourth-order valence-electron chi connectivity index (χ4n) is 2.01. The van der Waals surface area contributed by atoms with Crippen LogP contribution in [0.15, 0.2) is 0 Å². The minimum absolute atomic E-state index is 0.120. The van der Waals surface area contributed by atoms with Crippen molar-refractivity contribution in [1.29, 1.82) is 0 Å². The van der Waals surface area contributed by atoms with Crippen LogP contribution >= 0.6 is 11.8 Å². The van der Waals surface area contributed by atoms with Crippen molar-refractivity contribution in [2.45, 2.75) is 44.1 Å². The van der Waals surface area contributed by atoms with E-state index in [1.807, 2.05) is 6.92 Å². The number of nitrogens with two attached hydrogens (primary N) is 1. The smallest absolute Gasteiger partial charge is 0.332 e. The van der Waals surface area contributed by atoms with Gasteiger partial charge < -0.3 is 20.5 Å². The monoisotopic (exact) mass is 304 g/mol. The van der Waals surface area contributed by atoms with E-state index in [0.717, 1.165) is 6.42 Å². The van der Waals surface area contributed by atoms with Gasteiger partial charge in [-0.3, -0.25) is 4.79 Å². The number of aliphatic carboxylic acids is 1. The van der Waals surface area contributed by atoms with Crippen LogP contribution in [0, 0.1) is 0 Å². The molecule has 3 unspecified atom stereocenters. The summed E-state index contributed by atoms with van der Waals surface area (Å²) in [5, 5.41) is 8.92. The maximum Gasteiger partial charge on any atom is 0.332 e. The van der Waals surface area contributed by atoms with Crippen LogP contribution in [0.4, 0.5) is 0 Å². The Morgan fingerprint density at radius 2 is 2.10 bits per heavy atom. The van der Waals surface area contributed by atoms with Gasteiger partial charge in [0.2, 0.25) is 0 Å². The topological polar surface area (TPSA) is 110 Å². The molecule has 3 atom stereocenters. The van der Waals surface area contributed by atoms with E-state index in [1.165, 1.54) is 16.7 Å². The number of thioether (sulfide) groups is 1. The van der Waals surface area contributed by atoms with E-state index in [0.29, 0.717) is 12.2 Å². The van der Waals surface area contributed by atoms with E-state index in [-0.39, 0.29) is 12.0 Å². The van der Waals surface area contributed by atoms with Gasteiger partial charge in [0.15, 0.2) is 6.04 Å². The van der Waals surface area contributed by atoms with E-state index in [4.69, 9.17) is 10.5 Å². The molecule has 1 heterocycles. The van der Waals surface area contributed by atoms with Crippen LogP contribution in [0.1, 0.15) is 26.7 Å². The van der Waals surface area contributed by atoms with Crippen LogP contribution in [-0.2, 0) is 19.1 Å². The number of hydrogen-bond donors (Lipinski definition) is 2. The molecule has 0 spiro atoms. The van der Waals surface area contributed by atoms with E-state index < -0.39 is 29.9 Å². The van der Waals surface area contributed by atoms with Gasteiger partial charge in [-0.2, -0.15) is 0 Å². The molecule has 1 fully saturated rings. The van der Waals surface area contributed by atoms with E-state index >= 15 is 0 Å². The number of carboxylic acid groups (broad SMARTS) is 1. The Balaban J connectivity index is 2.88. The second-order valence-corrected chi connectivity index (χ2v) is 5.62. The zero-order chi connectivity index (χ0) is 15.3. The number of rotatable bonds is 6. The first-order chi connectivity index (χ1) is 9.43. The summed E-state index contributed by atoms with van der Waals surface area (Å²) in [5.41, 5.74) is 5.58. The molecule has 0 radical (unpaired) electrons. The third-order valence-electron chi connectivity index (χ3n) is 2.97. The van der Waals surface area contributed by atoms with Gasteiger partial charge in [-0.1, -0.05) is 13.3 Å². The number of nitrogens with zero attached hydrogens (tertiary/aromatic N) is 1. The van der Waals surface area contributed by atoms with E-state index in [1.54, 1.807) is 6.92 Å². The standard InChI is InChI=1S/C12H20N2O5S/c1-3-5-8-14(7(6-20-8)11(16)17)10(15)9(13)12(18)19-4-2/h7-9H,3-6,13H2,1-2H3,(H,16,17). The van der Waals surface area contributed by atoms with E-state index in [9.17, 15) is 19.5 Å². The molecule has 8 heteroatoms. The summed E-state index contributed by atoms with van der Waals surface area (Å²) >= 11 is 1.40. The van der Waals surface area contributed by atoms with Gasteiger partial charge in [0, 0.05) is 5.75 Å². The first kappa shape index (κ1) is 16.8. The van der Waals surface area contributed by atoms with Crippen LogP contribution in [-0.4, -0.2) is 57.7 Å². The zero-order valence-corrected chi connectivity index (χ0v) is 12.4. The summed E-state index contributed by atoms with van der Waals surface area (Å²) < 4.78 is 4.71. The van der Waals surface area contributed by atoms with Crippen LogP contribution in [0.2, 0.25) is 0 Å². The highest BCUT2D eigenvalue weighted by Gasteiger charge is 2.44. The van der Waals surface area contributed by atoms with Gasteiger partial charge in [0.1, 0.15) is 6.04 Å². The number of hydrogen-bond acceptors (Lipinski definition) is 6. The first-order valence-electron chi connectivity index (χ1n) is 6.52. The molecule has 1 aliphatic heterocycles. The second kappa shape index (κ2) is 7.49. The van der Waals surface area contributed by atoms with Crippen molar-refractivity contribution in [2.75, 3.05) is 12.4 Å². The molecule has 0 aromatic heterocycles. The number of carbonyl (C=O) groups is 3. The third-order valence-corrected chi connectivity index (χ3v) is 4.33. The van der Waals surface area contributed by atoms with Crippen molar-refractivity contribution >= 4 is 29.6 Å². The Morgan fingerprint density at radius 1 is 1.45 bits per heavy atom. The Kier molecular flexibility index (Phi) is 6.28. The maximum atomic E-state index is 12.3. The van der Waals surface area contributed by atoms with Crippen molar-refractivity contribution in [3.8, 4) is 0 Å². The molecule has 1 saturated heterocycles. The number of esters is 1. The molecule has 0 aromatic carbocycles. The maximum absolute atomic E-state index is 12.3.